The number of amides is 1. The Balaban J connectivity index is 1.42. The normalized spacial score (nSPS) is 11.0. The van der Waals surface area contributed by atoms with Crippen molar-refractivity contribution < 1.29 is 33.3 Å². The topological polar surface area (TPSA) is 128 Å². The maximum absolute atomic E-state index is 13.5. The first-order valence-electron chi connectivity index (χ1n) is 13.3. The fraction of sp³-hybridized carbons (Fsp3) is 0.0909. The van der Waals surface area contributed by atoms with Gasteiger partial charge in [0.05, 0.1) is 30.5 Å². The van der Waals surface area contributed by atoms with Crippen molar-refractivity contribution in [2.75, 3.05) is 14.2 Å². The molecule has 0 atom stereocenters. The van der Waals surface area contributed by atoms with E-state index in [0.29, 0.717) is 31.5 Å². The smallest absolute Gasteiger partial charge is 0.343 e. The van der Waals surface area contributed by atoms with E-state index in [2.05, 4.69) is 47.4 Å². The van der Waals surface area contributed by atoms with Gasteiger partial charge in [-0.25, -0.2) is 10.2 Å². The van der Waals surface area contributed by atoms with Gasteiger partial charge in [-0.15, -0.1) is 0 Å². The zero-order chi connectivity index (χ0) is 32.1. The second-order valence-electron chi connectivity index (χ2n) is 9.51. The minimum Gasteiger partial charge on any atom is -0.497 e. The summed E-state index contributed by atoms with van der Waals surface area (Å²) in [6, 6.07) is 22.7. The van der Waals surface area contributed by atoms with Gasteiger partial charge >= 0.3 is 11.9 Å². The average molecular weight is 735 g/mol. The van der Waals surface area contributed by atoms with Gasteiger partial charge in [0.1, 0.15) is 11.4 Å². The van der Waals surface area contributed by atoms with Gasteiger partial charge < -0.3 is 23.9 Å². The molecule has 12 heteroatoms. The summed E-state index contributed by atoms with van der Waals surface area (Å²) in [5.74, 6) is -0.543. The number of methoxy groups -OCH3 is 2. The highest BCUT2D eigenvalue weighted by atomic mass is 79.9. The molecule has 45 heavy (non-hydrogen) atoms. The molecular weight excluding hydrogens is 710 g/mol. The lowest BCUT2D eigenvalue weighted by Gasteiger charge is -2.12. The molecule has 1 aromatic heterocycles. The van der Waals surface area contributed by atoms with Crippen molar-refractivity contribution in [2.45, 2.75) is 6.92 Å². The molecule has 1 amide bonds. The van der Waals surface area contributed by atoms with E-state index in [-0.39, 0.29) is 22.8 Å². The summed E-state index contributed by atoms with van der Waals surface area (Å²) in [6.07, 6.45) is 1.37. The molecule has 0 bridgehead atoms. The fourth-order valence-electron chi connectivity index (χ4n) is 4.56. The van der Waals surface area contributed by atoms with Crippen LogP contribution in [-0.4, -0.2) is 43.3 Å². The number of H-pyrrole nitrogens is 1. The third-order valence-electron chi connectivity index (χ3n) is 6.55. The lowest BCUT2D eigenvalue weighted by atomic mass is 10.0. The minimum atomic E-state index is -0.703. The minimum absolute atomic E-state index is 0.151. The van der Waals surface area contributed by atoms with Gasteiger partial charge in [0, 0.05) is 33.4 Å². The van der Waals surface area contributed by atoms with Gasteiger partial charge in [0.2, 0.25) is 0 Å². The average Bonchev–Trinajstić information content (AvgIpc) is 3.41. The van der Waals surface area contributed by atoms with E-state index in [1.54, 1.807) is 19.2 Å². The molecule has 0 spiro atoms. The molecule has 10 nitrogen and oxygen atoms in total. The molecule has 228 valence electrons. The largest absolute Gasteiger partial charge is 0.497 e. The molecule has 0 saturated heterocycles. The number of nitrogens with zero attached hydrogens (tertiary/aromatic N) is 1. The standard InChI is InChI=1S/C33H25Br2N3O7/c1-18(39)44-27-12-9-20(14-28(27)43-3)33(41)45-31-21(13-22(34)15-25(31)35)17-36-38-32(40)30-29(19-7-5-4-6-8-19)24-16-23(42-2)10-11-26(24)37-30/h4-17,37H,1-3H3,(H,38,40). The molecule has 0 unspecified atom stereocenters. The van der Waals surface area contributed by atoms with Gasteiger partial charge in [-0.2, -0.15) is 5.10 Å². The Bertz CT molecular complexity index is 1960. The number of esters is 2. The van der Waals surface area contributed by atoms with Crippen molar-refractivity contribution in [3.05, 3.63) is 105 Å². The molecule has 0 fully saturated rings. The molecule has 4 aromatic carbocycles. The summed E-state index contributed by atoms with van der Waals surface area (Å²) >= 11 is 6.87. The number of rotatable bonds is 9. The van der Waals surface area contributed by atoms with E-state index in [0.717, 1.165) is 16.5 Å². The predicted octanol–water partition coefficient (Wildman–Crippen LogP) is 7.29. The Morgan fingerprint density at radius 3 is 2.36 bits per heavy atom. The van der Waals surface area contributed by atoms with Crippen LogP contribution in [0.5, 0.6) is 23.0 Å². The van der Waals surface area contributed by atoms with Crippen molar-refractivity contribution in [2.24, 2.45) is 5.10 Å². The van der Waals surface area contributed by atoms with Crippen LogP contribution in [0.15, 0.2) is 92.9 Å². The second kappa shape index (κ2) is 13.8. The van der Waals surface area contributed by atoms with Crippen LogP contribution in [0.2, 0.25) is 0 Å². The number of hydrogen-bond acceptors (Lipinski definition) is 8. The Morgan fingerprint density at radius 2 is 1.64 bits per heavy atom. The van der Waals surface area contributed by atoms with Crippen LogP contribution in [0.1, 0.15) is 33.3 Å². The highest BCUT2D eigenvalue weighted by molar-refractivity contribution is 9.11. The molecule has 5 rings (SSSR count). The predicted molar refractivity (Wildman–Crippen MR) is 176 cm³/mol. The summed E-state index contributed by atoms with van der Waals surface area (Å²) in [5.41, 5.74) is 5.72. The van der Waals surface area contributed by atoms with Crippen LogP contribution < -0.4 is 24.4 Å². The Morgan fingerprint density at radius 1 is 0.867 bits per heavy atom. The van der Waals surface area contributed by atoms with Crippen LogP contribution in [0.25, 0.3) is 22.0 Å². The van der Waals surface area contributed by atoms with Gasteiger partial charge in [-0.3, -0.25) is 9.59 Å². The molecular formula is C33H25Br2N3O7. The van der Waals surface area contributed by atoms with Crippen LogP contribution in [-0.2, 0) is 4.79 Å². The molecule has 0 aliphatic carbocycles. The maximum atomic E-state index is 13.5. The maximum Gasteiger partial charge on any atom is 0.343 e. The van der Waals surface area contributed by atoms with Gasteiger partial charge in [0.25, 0.3) is 5.91 Å². The number of halogens is 2. The first-order chi connectivity index (χ1) is 21.7. The van der Waals surface area contributed by atoms with Crippen molar-refractivity contribution in [1.82, 2.24) is 10.4 Å². The third kappa shape index (κ3) is 7.08. The monoisotopic (exact) mass is 733 g/mol. The summed E-state index contributed by atoms with van der Waals surface area (Å²) in [6.45, 7) is 1.26. The number of carbonyl (C=O) groups excluding carboxylic acids is 3. The Labute approximate surface area is 274 Å². The van der Waals surface area contributed by atoms with E-state index in [4.69, 9.17) is 18.9 Å². The van der Waals surface area contributed by atoms with E-state index >= 15 is 0 Å². The molecule has 0 aliphatic rings. The second-order valence-corrected chi connectivity index (χ2v) is 11.3. The molecule has 0 saturated carbocycles. The van der Waals surface area contributed by atoms with Gasteiger partial charge in [-0.1, -0.05) is 46.3 Å². The molecule has 0 aliphatic heterocycles. The van der Waals surface area contributed by atoms with Gasteiger partial charge in [0.15, 0.2) is 17.2 Å². The van der Waals surface area contributed by atoms with Crippen molar-refractivity contribution in [3.63, 3.8) is 0 Å². The van der Waals surface area contributed by atoms with Crippen LogP contribution >= 0.6 is 31.9 Å². The molecule has 0 radical (unpaired) electrons. The van der Waals surface area contributed by atoms with E-state index in [1.807, 2.05) is 48.5 Å². The highest BCUT2D eigenvalue weighted by Gasteiger charge is 2.21. The number of ether oxygens (including phenoxy) is 4. The number of aromatic amines is 1. The highest BCUT2D eigenvalue weighted by Crippen LogP contribution is 2.36. The number of fused-ring (bicyclic) bond motifs is 1. The molecule has 5 aromatic rings. The number of nitrogens with one attached hydrogen (secondary N) is 2. The fourth-order valence-corrected chi connectivity index (χ4v) is 5.90. The number of hydrogen-bond donors (Lipinski definition) is 2. The van der Waals surface area contributed by atoms with Crippen LogP contribution in [0, 0.1) is 0 Å². The van der Waals surface area contributed by atoms with Gasteiger partial charge in [-0.05, 0) is 70.0 Å². The first kappa shape index (κ1) is 31.5. The van der Waals surface area contributed by atoms with E-state index < -0.39 is 17.8 Å². The number of hydrazone groups is 1. The number of carbonyl (C=O) groups is 3. The van der Waals surface area contributed by atoms with Crippen LogP contribution in [0.3, 0.4) is 0 Å². The Hall–Kier alpha value is -4.94. The first-order valence-corrected chi connectivity index (χ1v) is 14.9. The third-order valence-corrected chi connectivity index (χ3v) is 7.60. The van der Waals surface area contributed by atoms with Crippen molar-refractivity contribution in [3.8, 4) is 34.1 Å². The van der Waals surface area contributed by atoms with Crippen molar-refractivity contribution in [1.29, 1.82) is 0 Å². The van der Waals surface area contributed by atoms with Crippen LogP contribution in [0.4, 0.5) is 0 Å². The summed E-state index contributed by atoms with van der Waals surface area (Å²) in [4.78, 5) is 41.2. The lowest BCUT2D eigenvalue weighted by molar-refractivity contribution is -0.132. The Kier molecular flexibility index (Phi) is 9.65. The zero-order valence-electron chi connectivity index (χ0n) is 24.1. The number of aromatic nitrogens is 1. The van der Waals surface area contributed by atoms with E-state index in [1.165, 1.54) is 38.4 Å². The SMILES string of the molecule is COc1ccc2[nH]c(C(=O)NN=Cc3cc(Br)cc(Br)c3OC(=O)c3ccc(OC(C)=O)c(OC)c3)c(-c3ccccc3)c2c1. The lowest BCUT2D eigenvalue weighted by Crippen LogP contribution is -2.19. The number of benzene rings is 4. The summed E-state index contributed by atoms with van der Waals surface area (Å²) in [7, 11) is 2.98. The molecule has 1 heterocycles. The van der Waals surface area contributed by atoms with Crippen molar-refractivity contribution >= 4 is 66.8 Å². The zero-order valence-corrected chi connectivity index (χ0v) is 27.3. The quantitative estimate of drug-likeness (QED) is 0.0705. The molecule has 2 N–H and O–H groups in total. The van der Waals surface area contributed by atoms with E-state index in [9.17, 15) is 14.4 Å². The summed E-state index contributed by atoms with van der Waals surface area (Å²) in [5, 5.41) is 4.99. The summed E-state index contributed by atoms with van der Waals surface area (Å²) < 4.78 is 22.6.